The van der Waals surface area contributed by atoms with E-state index >= 15 is 0 Å². The Labute approximate surface area is 173 Å². The minimum absolute atomic E-state index is 0.215. The monoisotopic (exact) mass is 438 g/mol. The molecule has 1 atom stereocenters. The molecule has 2 aromatic carbocycles. The van der Waals surface area contributed by atoms with Gasteiger partial charge in [0.05, 0.1) is 31.2 Å². The number of esters is 1. The average Bonchev–Trinajstić information content (AvgIpc) is 2.67. The molecule has 8 nitrogen and oxygen atoms in total. The van der Waals surface area contributed by atoms with Crippen molar-refractivity contribution in [1.29, 1.82) is 0 Å². The van der Waals surface area contributed by atoms with Gasteiger partial charge in [0, 0.05) is 10.7 Å². The number of ether oxygens (including phenoxy) is 2. The molecule has 1 heterocycles. The number of anilines is 2. The number of carbonyl (C=O) groups is 2. The van der Waals surface area contributed by atoms with Gasteiger partial charge in [-0.1, -0.05) is 17.7 Å². The van der Waals surface area contributed by atoms with Gasteiger partial charge in [0.2, 0.25) is 10.0 Å². The van der Waals surface area contributed by atoms with E-state index < -0.39 is 28.0 Å². The number of sulfonamides is 1. The number of hydrogen-bond acceptors (Lipinski definition) is 6. The number of nitrogens with zero attached hydrogens (tertiary/aromatic N) is 1. The number of carbonyl (C=O) groups excluding carboxylic acids is 2. The first kappa shape index (κ1) is 20.9. The van der Waals surface area contributed by atoms with Crippen molar-refractivity contribution >= 4 is 44.9 Å². The van der Waals surface area contributed by atoms with Gasteiger partial charge < -0.3 is 14.8 Å². The lowest BCUT2D eigenvalue weighted by atomic mass is 10.1. The predicted molar refractivity (Wildman–Crippen MR) is 109 cm³/mol. The van der Waals surface area contributed by atoms with Gasteiger partial charge in [-0.2, -0.15) is 0 Å². The molecule has 0 aromatic heterocycles. The van der Waals surface area contributed by atoms with Gasteiger partial charge in [0.25, 0.3) is 5.91 Å². The summed E-state index contributed by atoms with van der Waals surface area (Å²) in [6, 6.07) is 9.35. The van der Waals surface area contributed by atoms with Crippen molar-refractivity contribution in [3.05, 3.63) is 52.5 Å². The zero-order chi connectivity index (χ0) is 21.3. The molecular weight excluding hydrogens is 420 g/mol. The third kappa shape index (κ3) is 4.30. The molecule has 0 bridgehead atoms. The van der Waals surface area contributed by atoms with Gasteiger partial charge in [-0.3, -0.25) is 9.10 Å². The van der Waals surface area contributed by atoms with Crippen LogP contribution in [0.4, 0.5) is 11.4 Å². The summed E-state index contributed by atoms with van der Waals surface area (Å²) in [5.74, 6) is -0.850. The SMILES string of the molecule is COC(=O)c1cccc(NC(=O)[C@@H]2CN(S(C)(=O)=O)c3cc(Cl)ccc3O2)c1C. The zero-order valence-electron chi connectivity index (χ0n) is 15.9. The average molecular weight is 439 g/mol. The van der Waals surface area contributed by atoms with Crippen LogP contribution < -0.4 is 14.4 Å². The zero-order valence-corrected chi connectivity index (χ0v) is 17.5. The van der Waals surface area contributed by atoms with Gasteiger partial charge >= 0.3 is 5.97 Å². The molecule has 0 fully saturated rings. The van der Waals surface area contributed by atoms with E-state index in [0.717, 1.165) is 10.6 Å². The molecule has 29 heavy (non-hydrogen) atoms. The molecule has 1 amide bonds. The molecule has 0 spiro atoms. The van der Waals surface area contributed by atoms with Crippen molar-refractivity contribution in [3.63, 3.8) is 0 Å². The Morgan fingerprint density at radius 2 is 2.00 bits per heavy atom. The first-order valence-corrected chi connectivity index (χ1v) is 10.8. The van der Waals surface area contributed by atoms with Gasteiger partial charge in [-0.05, 0) is 42.8 Å². The van der Waals surface area contributed by atoms with Gasteiger partial charge in [-0.25, -0.2) is 13.2 Å². The Morgan fingerprint density at radius 1 is 1.28 bits per heavy atom. The van der Waals surface area contributed by atoms with E-state index in [1.807, 2.05) is 0 Å². The van der Waals surface area contributed by atoms with E-state index in [0.29, 0.717) is 21.8 Å². The summed E-state index contributed by atoms with van der Waals surface area (Å²) in [4.78, 5) is 24.7. The second kappa shape index (κ2) is 7.92. The molecule has 1 N–H and O–H groups in total. The van der Waals surface area contributed by atoms with Crippen molar-refractivity contribution in [2.75, 3.05) is 29.5 Å². The van der Waals surface area contributed by atoms with Crippen LogP contribution in [0.5, 0.6) is 5.75 Å². The lowest BCUT2D eigenvalue weighted by molar-refractivity contribution is -0.122. The number of amides is 1. The van der Waals surface area contributed by atoms with Gasteiger partial charge in [-0.15, -0.1) is 0 Å². The second-order valence-electron chi connectivity index (χ2n) is 6.47. The van der Waals surface area contributed by atoms with Crippen LogP contribution in [0.1, 0.15) is 15.9 Å². The third-order valence-corrected chi connectivity index (χ3v) is 5.86. The maximum atomic E-state index is 12.8. The summed E-state index contributed by atoms with van der Waals surface area (Å²) in [6.45, 7) is 1.46. The second-order valence-corrected chi connectivity index (χ2v) is 8.81. The highest BCUT2D eigenvalue weighted by Crippen LogP contribution is 2.37. The summed E-state index contributed by atoms with van der Waals surface area (Å²) < 4.78 is 36.0. The van der Waals surface area contributed by atoms with Crippen molar-refractivity contribution in [3.8, 4) is 5.75 Å². The molecule has 0 saturated heterocycles. The summed E-state index contributed by atoms with van der Waals surface area (Å²) in [5.41, 5.74) is 1.51. The van der Waals surface area contributed by atoms with Gasteiger partial charge in [0.15, 0.2) is 6.10 Å². The van der Waals surface area contributed by atoms with Crippen molar-refractivity contribution in [2.45, 2.75) is 13.0 Å². The van der Waals surface area contributed by atoms with E-state index in [1.54, 1.807) is 31.2 Å². The number of halogens is 1. The molecule has 0 aliphatic carbocycles. The minimum Gasteiger partial charge on any atom is -0.476 e. The molecule has 0 radical (unpaired) electrons. The number of fused-ring (bicyclic) bond motifs is 1. The highest BCUT2D eigenvalue weighted by atomic mass is 35.5. The fourth-order valence-electron chi connectivity index (χ4n) is 2.99. The summed E-state index contributed by atoms with van der Waals surface area (Å²) >= 11 is 5.97. The Morgan fingerprint density at radius 3 is 2.66 bits per heavy atom. The summed E-state index contributed by atoms with van der Waals surface area (Å²) in [7, 11) is -2.40. The third-order valence-electron chi connectivity index (χ3n) is 4.48. The van der Waals surface area contributed by atoms with Crippen LogP contribution in [0.3, 0.4) is 0 Å². The van der Waals surface area contributed by atoms with Crippen molar-refractivity contribution < 1.29 is 27.5 Å². The number of nitrogens with one attached hydrogen (secondary N) is 1. The molecule has 3 rings (SSSR count). The van der Waals surface area contributed by atoms with Gasteiger partial charge in [0.1, 0.15) is 5.75 Å². The topological polar surface area (TPSA) is 102 Å². The highest BCUT2D eigenvalue weighted by Gasteiger charge is 2.35. The quantitative estimate of drug-likeness (QED) is 0.736. The van der Waals surface area contributed by atoms with Crippen molar-refractivity contribution in [1.82, 2.24) is 0 Å². The predicted octanol–water partition coefficient (Wildman–Crippen LogP) is 2.60. The van der Waals surface area contributed by atoms with E-state index in [4.69, 9.17) is 21.1 Å². The van der Waals surface area contributed by atoms with Crippen LogP contribution in [0, 0.1) is 6.92 Å². The largest absolute Gasteiger partial charge is 0.476 e. The maximum absolute atomic E-state index is 12.8. The first-order chi connectivity index (χ1) is 13.6. The molecule has 10 heteroatoms. The standard InChI is InChI=1S/C19H19ClN2O6S/c1-11-13(19(24)27-2)5-4-6-14(11)21-18(23)17-10-22(29(3,25)26)15-9-12(20)7-8-16(15)28-17/h4-9,17H,10H2,1-3H3,(H,21,23)/t17-/m0/s1. The number of benzene rings is 2. The highest BCUT2D eigenvalue weighted by molar-refractivity contribution is 7.92. The van der Waals surface area contributed by atoms with Crippen LogP contribution in [-0.4, -0.2) is 46.3 Å². The van der Waals surface area contributed by atoms with E-state index in [1.165, 1.54) is 19.2 Å². The molecule has 154 valence electrons. The Hall–Kier alpha value is -2.78. The summed E-state index contributed by atoms with van der Waals surface area (Å²) in [6.07, 6.45) is -0.0540. The molecule has 1 aliphatic heterocycles. The summed E-state index contributed by atoms with van der Waals surface area (Å²) in [5, 5.41) is 3.04. The maximum Gasteiger partial charge on any atom is 0.338 e. The minimum atomic E-state index is -3.67. The smallest absolute Gasteiger partial charge is 0.338 e. The molecule has 1 aliphatic rings. The fraction of sp³-hybridized carbons (Fsp3) is 0.263. The number of hydrogen-bond donors (Lipinski definition) is 1. The fourth-order valence-corrected chi connectivity index (χ4v) is 4.06. The van der Waals surface area contributed by atoms with Crippen LogP contribution in [0.2, 0.25) is 5.02 Å². The van der Waals surface area contributed by atoms with E-state index in [-0.39, 0.29) is 18.0 Å². The van der Waals surface area contributed by atoms with E-state index in [2.05, 4.69) is 5.32 Å². The lowest BCUT2D eigenvalue weighted by Gasteiger charge is -2.34. The number of methoxy groups -OCH3 is 1. The lowest BCUT2D eigenvalue weighted by Crippen LogP contribution is -2.48. The number of rotatable bonds is 4. The molecular formula is C19H19ClN2O6S. The molecule has 0 saturated carbocycles. The molecule has 0 unspecified atom stereocenters. The normalized spacial score (nSPS) is 15.9. The first-order valence-electron chi connectivity index (χ1n) is 8.54. The van der Waals surface area contributed by atoms with Crippen LogP contribution >= 0.6 is 11.6 Å². The van der Waals surface area contributed by atoms with E-state index in [9.17, 15) is 18.0 Å². The van der Waals surface area contributed by atoms with Crippen LogP contribution in [0.25, 0.3) is 0 Å². The van der Waals surface area contributed by atoms with Crippen molar-refractivity contribution in [2.24, 2.45) is 0 Å². The van der Waals surface area contributed by atoms with Crippen LogP contribution in [-0.2, 0) is 19.6 Å². The Balaban J connectivity index is 1.89. The Bertz CT molecular complexity index is 1090. The van der Waals surface area contributed by atoms with Crippen LogP contribution in [0.15, 0.2) is 36.4 Å². The molecule has 2 aromatic rings. The Kier molecular flexibility index (Phi) is 5.72.